The maximum Gasteiger partial charge on any atom is 3.00 e. The molecule has 0 bridgehead atoms. The van der Waals surface area contributed by atoms with Gasteiger partial charge >= 0.3 is 37.3 Å². The average molecular weight is 597 g/mol. The van der Waals surface area contributed by atoms with Gasteiger partial charge < -0.3 is 29.7 Å². The van der Waals surface area contributed by atoms with Gasteiger partial charge in [-0.25, -0.2) is 0 Å². The van der Waals surface area contributed by atoms with Gasteiger partial charge in [-0.1, -0.05) is 80.1 Å². The first kappa shape index (κ1) is 37.9. The number of unbranched alkanes of at least 4 members (excludes halogenated alkanes) is 3. The molecule has 0 saturated carbocycles. The van der Waals surface area contributed by atoms with Crippen molar-refractivity contribution in [1.29, 1.82) is 0 Å². The third-order valence-corrected chi connectivity index (χ3v) is 4.24. The fourth-order valence-electron chi connectivity index (χ4n) is 2.47. The van der Waals surface area contributed by atoms with Crippen LogP contribution in [0.5, 0.6) is 0 Å². The standard InChI is InChI=1S/3C8H16O2.Er/c3*1-7(2)5-3-4-6-8(9)10;/h3*7H,3-6H2,1-2H3,(H,9,10);/q;;;+3/p-3. The van der Waals surface area contributed by atoms with Crippen molar-refractivity contribution in [2.24, 2.45) is 17.8 Å². The number of hydrogen-bond acceptors (Lipinski definition) is 6. The van der Waals surface area contributed by atoms with Gasteiger partial charge in [0, 0.05) is 17.9 Å². The van der Waals surface area contributed by atoms with E-state index in [0.717, 1.165) is 57.8 Å². The van der Waals surface area contributed by atoms with Crippen LogP contribution in [0.1, 0.15) is 119 Å². The number of carboxylic acid groups (broad SMARTS) is 3. The summed E-state index contributed by atoms with van der Waals surface area (Å²) in [5, 5.41) is 29.8. The molecule has 0 aromatic heterocycles. The Kier molecular flexibility index (Phi) is 33.9. The minimum Gasteiger partial charge on any atom is -0.550 e. The van der Waals surface area contributed by atoms with E-state index in [1.165, 1.54) is 0 Å². The van der Waals surface area contributed by atoms with Gasteiger partial charge in [-0.05, 0) is 56.3 Å². The van der Waals surface area contributed by atoms with E-state index in [1.807, 2.05) is 0 Å². The Balaban J connectivity index is -0.000000174. The molecule has 0 fully saturated rings. The van der Waals surface area contributed by atoms with Crippen LogP contribution in [0, 0.1) is 55.1 Å². The van der Waals surface area contributed by atoms with Gasteiger partial charge in [-0.2, -0.15) is 0 Å². The van der Waals surface area contributed by atoms with Crippen molar-refractivity contribution in [2.45, 2.75) is 119 Å². The maximum atomic E-state index is 9.93. The molecule has 0 amide bonds. The Labute approximate surface area is 220 Å². The molecule has 0 saturated heterocycles. The topological polar surface area (TPSA) is 120 Å². The van der Waals surface area contributed by atoms with E-state index < -0.39 is 17.9 Å². The van der Waals surface area contributed by atoms with Gasteiger partial charge in [-0.3, -0.25) is 0 Å². The maximum absolute atomic E-state index is 9.93. The van der Waals surface area contributed by atoms with Crippen molar-refractivity contribution >= 4 is 17.9 Å². The minimum atomic E-state index is -0.927. The van der Waals surface area contributed by atoms with Crippen LogP contribution in [-0.4, -0.2) is 17.9 Å². The molecule has 0 spiro atoms. The number of rotatable bonds is 15. The number of carbonyl (C=O) groups is 3. The van der Waals surface area contributed by atoms with Crippen LogP contribution in [0.25, 0.3) is 0 Å². The normalized spacial score (nSPS) is 9.97. The van der Waals surface area contributed by atoms with Gasteiger partial charge in [0.25, 0.3) is 0 Å². The molecule has 0 aromatic rings. The fourth-order valence-corrected chi connectivity index (χ4v) is 2.47. The van der Waals surface area contributed by atoms with E-state index in [0.29, 0.717) is 17.8 Å². The van der Waals surface area contributed by atoms with Crippen LogP contribution in [0.15, 0.2) is 0 Å². The smallest absolute Gasteiger partial charge is 0.550 e. The zero-order valence-electron chi connectivity index (χ0n) is 20.5. The van der Waals surface area contributed by atoms with Crippen molar-refractivity contribution in [3.8, 4) is 0 Å². The van der Waals surface area contributed by atoms with Gasteiger partial charge in [0.05, 0.1) is 0 Å². The number of carbonyl (C=O) groups excluding carboxylic acids is 3. The predicted molar refractivity (Wildman–Crippen MR) is 115 cm³/mol. The second-order valence-corrected chi connectivity index (χ2v) is 9.03. The second-order valence-electron chi connectivity index (χ2n) is 9.03. The molecule has 0 aliphatic rings. The first-order chi connectivity index (χ1) is 13.9. The molecule has 0 aromatic carbocycles. The zero-order chi connectivity index (χ0) is 23.9. The SMILES string of the molecule is CC(C)CCCCC(=O)[O-].CC(C)CCCCC(=O)[O-].CC(C)CCCCC(=O)[O-].[Er+3]. The molecule has 6 nitrogen and oxygen atoms in total. The van der Waals surface area contributed by atoms with Crippen molar-refractivity contribution in [1.82, 2.24) is 0 Å². The number of aliphatic carboxylic acids is 3. The molecule has 189 valence electrons. The molecule has 31 heavy (non-hydrogen) atoms. The minimum absolute atomic E-state index is 0. The summed E-state index contributed by atoms with van der Waals surface area (Å²) in [6.45, 7) is 12.8. The van der Waals surface area contributed by atoms with E-state index in [9.17, 15) is 29.7 Å². The molecule has 0 unspecified atom stereocenters. The Hall–Kier alpha value is -0.343. The third kappa shape index (κ3) is 53.2. The van der Waals surface area contributed by atoms with E-state index in [4.69, 9.17) is 0 Å². The summed E-state index contributed by atoms with van der Waals surface area (Å²) >= 11 is 0. The first-order valence-corrected chi connectivity index (χ1v) is 11.5. The van der Waals surface area contributed by atoms with Gasteiger partial charge in [0.1, 0.15) is 0 Å². The summed E-state index contributed by atoms with van der Waals surface area (Å²) in [5.41, 5.74) is 0. The van der Waals surface area contributed by atoms with Crippen LogP contribution >= 0.6 is 0 Å². The Morgan fingerprint density at radius 2 is 0.677 bits per heavy atom. The van der Waals surface area contributed by atoms with E-state index in [-0.39, 0.29) is 56.6 Å². The van der Waals surface area contributed by atoms with Crippen LogP contribution in [0.2, 0.25) is 0 Å². The summed E-state index contributed by atoms with van der Waals surface area (Å²) in [5.74, 6) is -0.735. The third-order valence-electron chi connectivity index (χ3n) is 4.24. The van der Waals surface area contributed by atoms with Gasteiger partial charge in [0.15, 0.2) is 0 Å². The van der Waals surface area contributed by atoms with Crippen molar-refractivity contribution in [2.75, 3.05) is 0 Å². The monoisotopic (exact) mass is 595 g/mol. The molecule has 1 radical (unpaired) electrons. The molecule has 0 N–H and O–H groups in total. The Morgan fingerprint density at radius 3 is 0.806 bits per heavy atom. The van der Waals surface area contributed by atoms with Gasteiger partial charge in [0.2, 0.25) is 0 Å². The quantitative estimate of drug-likeness (QED) is 0.268. The summed E-state index contributed by atoms with van der Waals surface area (Å²) in [4.78, 5) is 29.8. The summed E-state index contributed by atoms with van der Waals surface area (Å²) < 4.78 is 0. The van der Waals surface area contributed by atoms with Crippen molar-refractivity contribution in [3.63, 3.8) is 0 Å². The summed E-state index contributed by atoms with van der Waals surface area (Å²) in [6.07, 6.45) is 9.31. The van der Waals surface area contributed by atoms with Gasteiger partial charge in [-0.15, -0.1) is 0 Å². The molecule has 0 heterocycles. The van der Waals surface area contributed by atoms with E-state index in [2.05, 4.69) is 41.5 Å². The molecule has 0 aliphatic heterocycles. The molecule has 0 aliphatic carbocycles. The Bertz CT molecular complexity index is 360. The fraction of sp³-hybridized carbons (Fsp3) is 0.875. The first-order valence-electron chi connectivity index (χ1n) is 11.5. The molecule has 0 rings (SSSR count). The van der Waals surface area contributed by atoms with E-state index in [1.54, 1.807) is 0 Å². The molecule has 0 atom stereocenters. The van der Waals surface area contributed by atoms with Crippen LogP contribution in [0.4, 0.5) is 0 Å². The average Bonchev–Trinajstić information content (AvgIpc) is 2.60. The Morgan fingerprint density at radius 1 is 0.484 bits per heavy atom. The second kappa shape index (κ2) is 27.7. The van der Waals surface area contributed by atoms with Crippen molar-refractivity contribution in [3.05, 3.63) is 0 Å². The largest absolute Gasteiger partial charge is 3.00 e. The van der Waals surface area contributed by atoms with Crippen LogP contribution in [-0.2, 0) is 14.4 Å². The van der Waals surface area contributed by atoms with Crippen molar-refractivity contribution < 1.29 is 67.0 Å². The summed E-state index contributed by atoms with van der Waals surface area (Å²) in [6, 6.07) is 0. The van der Waals surface area contributed by atoms with E-state index >= 15 is 0 Å². The number of hydrogen-bond donors (Lipinski definition) is 0. The zero-order valence-corrected chi connectivity index (χ0v) is 22.3. The summed E-state index contributed by atoms with van der Waals surface area (Å²) in [7, 11) is 0. The molecular weight excluding hydrogens is 552 g/mol. The predicted octanol–water partition coefficient (Wildman–Crippen LogP) is 2.86. The van der Waals surface area contributed by atoms with Crippen LogP contribution < -0.4 is 15.3 Å². The van der Waals surface area contributed by atoms with Crippen LogP contribution in [0.3, 0.4) is 0 Å². The number of carboxylic acids is 3. The molecular formula is C24H45ErO6. The molecule has 7 heteroatoms.